The Morgan fingerprint density at radius 2 is 1.21 bits per heavy atom. The fourth-order valence-corrected chi connectivity index (χ4v) is 3.37. The van der Waals surface area contributed by atoms with E-state index < -0.39 is 54.5 Å². The predicted molar refractivity (Wildman–Crippen MR) is 102 cm³/mol. The summed E-state index contributed by atoms with van der Waals surface area (Å²) in [5.41, 5.74) is -0.0328. The Balaban J connectivity index is 5.26. The van der Waals surface area contributed by atoms with Gasteiger partial charge in [0.1, 0.15) is 0 Å². The average Bonchev–Trinajstić information content (AvgIpc) is 2.59. The summed E-state index contributed by atoms with van der Waals surface area (Å²) in [7, 11) is 0. The van der Waals surface area contributed by atoms with Gasteiger partial charge in [-0.1, -0.05) is 64.0 Å². The zero-order valence-corrected chi connectivity index (χ0v) is 16.4. The van der Waals surface area contributed by atoms with Crippen molar-refractivity contribution in [1.82, 2.24) is 0 Å². The third-order valence-corrected chi connectivity index (χ3v) is 4.92. The van der Waals surface area contributed by atoms with E-state index in [4.69, 9.17) is 10.2 Å². The second kappa shape index (κ2) is 13.7. The molecule has 0 bridgehead atoms. The third-order valence-electron chi connectivity index (χ3n) is 4.92. The monoisotopic (exact) mass is 400 g/mol. The van der Waals surface area contributed by atoms with Crippen LogP contribution in [0.4, 0.5) is 0 Å². The SMILES string of the molecule is C=C(C(CC(=O)O)C(=O)O)C(CCCCCCCCC)C(CC(=O)O)C(=O)O. The van der Waals surface area contributed by atoms with Crippen LogP contribution in [-0.4, -0.2) is 44.3 Å². The lowest BCUT2D eigenvalue weighted by Crippen LogP contribution is -2.32. The molecule has 28 heavy (non-hydrogen) atoms. The summed E-state index contributed by atoms with van der Waals surface area (Å²) in [6.45, 7) is 5.79. The van der Waals surface area contributed by atoms with Crippen molar-refractivity contribution in [2.45, 2.75) is 71.1 Å². The number of hydrogen-bond acceptors (Lipinski definition) is 4. The van der Waals surface area contributed by atoms with Crippen LogP contribution in [0, 0.1) is 17.8 Å². The molecule has 0 aliphatic carbocycles. The zero-order chi connectivity index (χ0) is 21.7. The fraction of sp³-hybridized carbons (Fsp3) is 0.700. The van der Waals surface area contributed by atoms with Crippen molar-refractivity contribution in [1.29, 1.82) is 0 Å². The second-order valence-corrected chi connectivity index (χ2v) is 7.12. The highest BCUT2D eigenvalue weighted by Gasteiger charge is 2.37. The summed E-state index contributed by atoms with van der Waals surface area (Å²) in [5.74, 6) is -9.12. The Morgan fingerprint density at radius 1 is 0.714 bits per heavy atom. The molecule has 0 aromatic carbocycles. The van der Waals surface area contributed by atoms with Crippen molar-refractivity contribution >= 4 is 23.9 Å². The lowest BCUT2D eigenvalue weighted by Gasteiger charge is -2.28. The highest BCUT2D eigenvalue weighted by molar-refractivity contribution is 5.82. The average molecular weight is 400 g/mol. The van der Waals surface area contributed by atoms with Crippen LogP contribution >= 0.6 is 0 Å². The number of unbranched alkanes of at least 4 members (excludes halogenated alkanes) is 6. The summed E-state index contributed by atoms with van der Waals surface area (Å²) in [4.78, 5) is 45.2. The first-order chi connectivity index (χ1) is 13.1. The normalized spacial score (nSPS) is 14.0. The Morgan fingerprint density at radius 3 is 1.64 bits per heavy atom. The molecule has 0 heterocycles. The van der Waals surface area contributed by atoms with Crippen LogP contribution in [-0.2, 0) is 19.2 Å². The highest BCUT2D eigenvalue weighted by Crippen LogP contribution is 2.34. The van der Waals surface area contributed by atoms with Crippen LogP contribution in [0.3, 0.4) is 0 Å². The molecular weight excluding hydrogens is 368 g/mol. The maximum Gasteiger partial charge on any atom is 0.311 e. The largest absolute Gasteiger partial charge is 0.481 e. The predicted octanol–water partition coefficient (Wildman–Crippen LogP) is 3.65. The van der Waals surface area contributed by atoms with E-state index in [-0.39, 0.29) is 12.0 Å². The summed E-state index contributed by atoms with van der Waals surface area (Å²) in [6, 6.07) is 0. The topological polar surface area (TPSA) is 149 Å². The number of hydrogen-bond donors (Lipinski definition) is 4. The first-order valence-electron chi connectivity index (χ1n) is 9.69. The van der Waals surface area contributed by atoms with Gasteiger partial charge in [-0.2, -0.15) is 0 Å². The van der Waals surface area contributed by atoms with Crippen LogP contribution in [0.5, 0.6) is 0 Å². The maximum atomic E-state index is 11.6. The van der Waals surface area contributed by atoms with Crippen molar-refractivity contribution in [3.05, 3.63) is 12.2 Å². The Kier molecular flexibility index (Phi) is 12.6. The molecule has 160 valence electrons. The smallest absolute Gasteiger partial charge is 0.311 e. The van der Waals surface area contributed by atoms with Crippen molar-refractivity contribution in [3.63, 3.8) is 0 Å². The van der Waals surface area contributed by atoms with E-state index >= 15 is 0 Å². The molecule has 0 fully saturated rings. The number of carbonyl (C=O) groups is 4. The molecule has 8 nitrogen and oxygen atoms in total. The lowest BCUT2D eigenvalue weighted by atomic mass is 9.75. The number of aliphatic carboxylic acids is 4. The van der Waals surface area contributed by atoms with Crippen LogP contribution in [0.25, 0.3) is 0 Å². The van der Waals surface area contributed by atoms with E-state index in [0.717, 1.165) is 38.5 Å². The standard InChI is InChI=1S/C20H32O8/c1-3-4-5-6-7-8-9-10-14(16(20(27)28)12-18(23)24)13(2)15(19(25)26)11-17(21)22/h14-16H,2-12H2,1H3,(H,21,22)(H,23,24)(H,25,26)(H,27,28). The molecule has 0 radical (unpaired) electrons. The molecule has 0 rings (SSSR count). The summed E-state index contributed by atoms with van der Waals surface area (Å²) in [5, 5.41) is 36.8. The molecule has 0 saturated heterocycles. The van der Waals surface area contributed by atoms with Crippen molar-refractivity contribution in [2.24, 2.45) is 17.8 Å². The lowest BCUT2D eigenvalue weighted by molar-refractivity contribution is -0.151. The Hall–Kier alpha value is -2.38. The molecule has 8 heteroatoms. The molecule has 0 amide bonds. The van der Waals surface area contributed by atoms with Crippen molar-refractivity contribution < 1.29 is 39.6 Å². The maximum absolute atomic E-state index is 11.6. The van der Waals surface area contributed by atoms with E-state index in [1.165, 1.54) is 0 Å². The van der Waals surface area contributed by atoms with Crippen LogP contribution in [0.2, 0.25) is 0 Å². The van der Waals surface area contributed by atoms with Gasteiger partial charge in [-0.15, -0.1) is 0 Å². The molecule has 3 atom stereocenters. The van der Waals surface area contributed by atoms with E-state index in [1.807, 2.05) is 0 Å². The molecule has 4 N–H and O–H groups in total. The Labute approximate surface area is 165 Å². The molecule has 0 spiro atoms. The van der Waals surface area contributed by atoms with Gasteiger partial charge in [0, 0.05) is 0 Å². The van der Waals surface area contributed by atoms with E-state index in [2.05, 4.69) is 13.5 Å². The second-order valence-electron chi connectivity index (χ2n) is 7.12. The molecule has 0 saturated carbocycles. The van der Waals surface area contributed by atoms with Gasteiger partial charge < -0.3 is 20.4 Å². The van der Waals surface area contributed by atoms with Gasteiger partial charge >= 0.3 is 23.9 Å². The van der Waals surface area contributed by atoms with E-state index in [9.17, 15) is 29.4 Å². The first-order valence-corrected chi connectivity index (χ1v) is 9.69. The Bertz CT molecular complexity index is 554. The molecule has 0 aromatic heterocycles. The fourth-order valence-electron chi connectivity index (χ4n) is 3.37. The van der Waals surface area contributed by atoms with E-state index in [1.54, 1.807) is 0 Å². The van der Waals surface area contributed by atoms with Crippen molar-refractivity contribution in [3.8, 4) is 0 Å². The third kappa shape index (κ3) is 10.1. The quantitative estimate of drug-likeness (QED) is 0.213. The van der Waals surface area contributed by atoms with Gasteiger partial charge in [0.05, 0.1) is 24.7 Å². The molecule has 3 unspecified atom stereocenters. The molecule has 0 aliphatic rings. The zero-order valence-electron chi connectivity index (χ0n) is 16.4. The molecule has 0 aromatic rings. The summed E-state index contributed by atoms with van der Waals surface area (Å²) < 4.78 is 0. The highest BCUT2D eigenvalue weighted by atomic mass is 16.4. The van der Waals surface area contributed by atoms with Crippen LogP contribution in [0.15, 0.2) is 12.2 Å². The minimum Gasteiger partial charge on any atom is -0.481 e. The van der Waals surface area contributed by atoms with Crippen LogP contribution < -0.4 is 0 Å². The summed E-state index contributed by atoms with van der Waals surface area (Å²) in [6.07, 6.45) is 5.66. The minimum atomic E-state index is -1.46. The first kappa shape index (κ1) is 25.6. The number of rotatable bonds is 17. The van der Waals surface area contributed by atoms with Gasteiger partial charge in [-0.25, -0.2) is 0 Å². The molecule has 0 aliphatic heterocycles. The van der Waals surface area contributed by atoms with Gasteiger partial charge in [0.15, 0.2) is 0 Å². The van der Waals surface area contributed by atoms with Crippen molar-refractivity contribution in [2.75, 3.05) is 0 Å². The summed E-state index contributed by atoms with van der Waals surface area (Å²) >= 11 is 0. The molecular formula is C20H32O8. The number of carboxylic acids is 4. The van der Waals surface area contributed by atoms with Gasteiger partial charge in [-0.3, -0.25) is 19.2 Å². The van der Waals surface area contributed by atoms with Crippen LogP contribution in [0.1, 0.15) is 71.1 Å². The van der Waals surface area contributed by atoms with Gasteiger partial charge in [0.2, 0.25) is 0 Å². The van der Waals surface area contributed by atoms with Gasteiger partial charge in [0.25, 0.3) is 0 Å². The van der Waals surface area contributed by atoms with Gasteiger partial charge in [-0.05, 0) is 12.3 Å². The number of carboxylic acid groups (broad SMARTS) is 4. The van der Waals surface area contributed by atoms with E-state index in [0.29, 0.717) is 6.42 Å². The minimum absolute atomic E-state index is 0.0328.